The molecule has 41 heavy (non-hydrogen) atoms. The summed E-state index contributed by atoms with van der Waals surface area (Å²) in [5.74, 6) is -2.71. The number of ketones is 1. The number of imide groups is 1. The van der Waals surface area contributed by atoms with Gasteiger partial charge >= 0.3 is 11.9 Å². The van der Waals surface area contributed by atoms with E-state index in [0.717, 1.165) is 10.5 Å². The number of hydrogen-bond acceptors (Lipinski definition) is 7. The van der Waals surface area contributed by atoms with Crippen molar-refractivity contribution in [3.8, 4) is 5.75 Å². The lowest BCUT2D eigenvalue weighted by atomic mass is 10.1. The zero-order valence-electron chi connectivity index (χ0n) is 22.0. The van der Waals surface area contributed by atoms with Gasteiger partial charge in [0.15, 0.2) is 12.4 Å². The second-order valence-corrected chi connectivity index (χ2v) is 9.85. The second kappa shape index (κ2) is 11.2. The highest BCUT2D eigenvalue weighted by Gasteiger charge is 2.38. The van der Waals surface area contributed by atoms with Crippen LogP contribution in [0.15, 0.2) is 84.9 Å². The minimum absolute atomic E-state index is 0.0146. The zero-order valence-corrected chi connectivity index (χ0v) is 22.7. The van der Waals surface area contributed by atoms with Crippen LogP contribution in [0, 0.1) is 13.8 Å². The monoisotopic (exact) mass is 567 g/mol. The number of amides is 2. The van der Waals surface area contributed by atoms with E-state index in [1.165, 1.54) is 48.5 Å². The number of esters is 2. The molecule has 0 spiro atoms. The Bertz CT molecular complexity index is 1730. The minimum atomic E-state index is -0.831. The number of carbonyl (C=O) groups is 5. The van der Waals surface area contributed by atoms with Crippen molar-refractivity contribution in [2.75, 3.05) is 11.5 Å². The average Bonchev–Trinajstić information content (AvgIpc) is 3.22. The molecule has 4 aromatic rings. The summed E-state index contributed by atoms with van der Waals surface area (Å²) in [7, 11) is 0. The standard InChI is InChI=1S/C32H22ClNO7/c1-18-3-6-21(7-4-18)32(39)41-24-12-8-20(9-13-24)28(35)17-40-31(38)22-10-14-25-26(15-22)30(37)34(29(25)36)27-16-23(33)11-5-19(27)2/h3-16H,17H2,1-2H3. The van der Waals surface area contributed by atoms with Gasteiger partial charge in [0.25, 0.3) is 11.8 Å². The number of hydrogen-bond donors (Lipinski definition) is 0. The van der Waals surface area contributed by atoms with E-state index in [9.17, 15) is 24.0 Å². The Hall–Kier alpha value is -5.08. The van der Waals surface area contributed by atoms with E-state index >= 15 is 0 Å². The maximum Gasteiger partial charge on any atom is 0.343 e. The first-order valence-electron chi connectivity index (χ1n) is 12.5. The van der Waals surface area contributed by atoms with Crippen molar-refractivity contribution in [1.82, 2.24) is 0 Å². The molecule has 0 saturated carbocycles. The van der Waals surface area contributed by atoms with E-state index in [1.54, 1.807) is 43.3 Å². The molecule has 4 aromatic carbocycles. The third kappa shape index (κ3) is 5.64. The lowest BCUT2D eigenvalue weighted by Gasteiger charge is -2.16. The molecule has 5 rings (SSSR count). The molecule has 1 aliphatic rings. The van der Waals surface area contributed by atoms with Crippen molar-refractivity contribution >= 4 is 46.8 Å². The number of fused-ring (bicyclic) bond motifs is 1. The quantitative estimate of drug-likeness (QED) is 0.116. The molecule has 0 N–H and O–H groups in total. The van der Waals surface area contributed by atoms with Gasteiger partial charge in [-0.25, -0.2) is 14.5 Å². The number of aryl methyl sites for hydroxylation is 2. The highest BCUT2D eigenvalue weighted by atomic mass is 35.5. The molecule has 0 radical (unpaired) electrons. The fraction of sp³-hybridized carbons (Fsp3) is 0.0938. The van der Waals surface area contributed by atoms with Gasteiger partial charge in [-0.3, -0.25) is 14.4 Å². The summed E-state index contributed by atoms with van der Waals surface area (Å²) in [6.07, 6.45) is 0. The summed E-state index contributed by atoms with van der Waals surface area (Å²) < 4.78 is 10.5. The normalized spacial score (nSPS) is 12.2. The van der Waals surface area contributed by atoms with Crippen LogP contribution >= 0.6 is 11.6 Å². The number of nitrogens with zero attached hydrogens (tertiary/aromatic N) is 1. The molecule has 1 heterocycles. The number of rotatable bonds is 7. The van der Waals surface area contributed by atoms with Gasteiger partial charge in [0.1, 0.15) is 5.75 Å². The molecule has 8 nitrogen and oxygen atoms in total. The maximum absolute atomic E-state index is 13.1. The zero-order chi connectivity index (χ0) is 29.3. The van der Waals surface area contributed by atoms with E-state index in [4.69, 9.17) is 21.1 Å². The highest BCUT2D eigenvalue weighted by molar-refractivity contribution is 6.36. The van der Waals surface area contributed by atoms with Crippen molar-refractivity contribution in [2.24, 2.45) is 0 Å². The van der Waals surface area contributed by atoms with Crippen LogP contribution in [0.4, 0.5) is 5.69 Å². The predicted molar refractivity (Wildman–Crippen MR) is 151 cm³/mol. The number of halogens is 1. The summed E-state index contributed by atoms with van der Waals surface area (Å²) in [6, 6.07) is 21.7. The first-order chi connectivity index (χ1) is 19.6. The Morgan fingerprint density at radius 3 is 2.05 bits per heavy atom. The maximum atomic E-state index is 13.1. The van der Waals surface area contributed by atoms with Crippen molar-refractivity contribution in [1.29, 1.82) is 0 Å². The Morgan fingerprint density at radius 2 is 1.34 bits per heavy atom. The number of Topliss-reactive ketones (excluding diaryl/α,β-unsaturated/α-hetero) is 1. The molecular weight excluding hydrogens is 546 g/mol. The van der Waals surface area contributed by atoms with Gasteiger partial charge < -0.3 is 9.47 Å². The topological polar surface area (TPSA) is 107 Å². The van der Waals surface area contributed by atoms with Crippen LogP contribution in [0.25, 0.3) is 0 Å². The van der Waals surface area contributed by atoms with Crippen LogP contribution in [-0.2, 0) is 4.74 Å². The SMILES string of the molecule is Cc1ccc(C(=O)Oc2ccc(C(=O)COC(=O)c3ccc4c(c3)C(=O)N(c3cc(Cl)ccc3C)C4=O)cc2)cc1. The van der Waals surface area contributed by atoms with Gasteiger partial charge in [-0.2, -0.15) is 0 Å². The van der Waals surface area contributed by atoms with Gasteiger partial charge in [-0.05, 0) is 86.1 Å². The first kappa shape index (κ1) is 27.5. The van der Waals surface area contributed by atoms with Crippen LogP contribution in [0.1, 0.15) is 62.9 Å². The van der Waals surface area contributed by atoms with Gasteiger partial charge in [-0.15, -0.1) is 0 Å². The molecular formula is C32H22ClNO7. The van der Waals surface area contributed by atoms with Crippen LogP contribution in [-0.4, -0.2) is 36.1 Å². The van der Waals surface area contributed by atoms with Gasteiger partial charge in [0, 0.05) is 10.6 Å². The third-order valence-electron chi connectivity index (χ3n) is 6.54. The summed E-state index contributed by atoms with van der Waals surface area (Å²) in [5, 5.41) is 0.369. The number of anilines is 1. The summed E-state index contributed by atoms with van der Waals surface area (Å²) in [6.45, 7) is 3.10. The molecule has 9 heteroatoms. The van der Waals surface area contributed by atoms with Crippen molar-refractivity contribution in [3.05, 3.63) is 129 Å². The molecule has 0 aliphatic carbocycles. The molecule has 0 atom stereocenters. The number of carbonyl (C=O) groups excluding carboxylic acids is 5. The van der Waals surface area contributed by atoms with Crippen LogP contribution in [0.2, 0.25) is 5.02 Å². The average molecular weight is 568 g/mol. The van der Waals surface area contributed by atoms with Crippen LogP contribution in [0.3, 0.4) is 0 Å². The molecule has 0 unspecified atom stereocenters. The molecule has 0 saturated heterocycles. The molecule has 0 fully saturated rings. The lowest BCUT2D eigenvalue weighted by Crippen LogP contribution is -2.30. The highest BCUT2D eigenvalue weighted by Crippen LogP contribution is 2.33. The predicted octanol–water partition coefficient (Wildman–Crippen LogP) is 6.02. The molecule has 204 valence electrons. The lowest BCUT2D eigenvalue weighted by molar-refractivity contribution is 0.0474. The van der Waals surface area contributed by atoms with Crippen molar-refractivity contribution in [2.45, 2.75) is 13.8 Å². The molecule has 0 bridgehead atoms. The third-order valence-corrected chi connectivity index (χ3v) is 6.78. The smallest absolute Gasteiger partial charge is 0.343 e. The van der Waals surface area contributed by atoms with E-state index in [1.807, 2.05) is 6.92 Å². The fourth-order valence-corrected chi connectivity index (χ4v) is 4.44. The second-order valence-electron chi connectivity index (χ2n) is 9.42. The van der Waals surface area contributed by atoms with Crippen molar-refractivity contribution in [3.63, 3.8) is 0 Å². The minimum Gasteiger partial charge on any atom is -0.454 e. The number of ether oxygens (including phenoxy) is 2. The van der Waals surface area contributed by atoms with Crippen LogP contribution < -0.4 is 9.64 Å². The Morgan fingerprint density at radius 1 is 0.707 bits per heavy atom. The summed E-state index contributed by atoms with van der Waals surface area (Å²) in [5.41, 5.74) is 2.90. The Balaban J connectivity index is 1.22. The number of benzene rings is 4. The van der Waals surface area contributed by atoms with Crippen molar-refractivity contribution < 1.29 is 33.4 Å². The van der Waals surface area contributed by atoms with Gasteiger partial charge in [0.05, 0.1) is 27.9 Å². The van der Waals surface area contributed by atoms with E-state index in [-0.39, 0.29) is 28.0 Å². The Kier molecular flexibility index (Phi) is 7.50. The van der Waals surface area contributed by atoms with Gasteiger partial charge in [0.2, 0.25) is 0 Å². The van der Waals surface area contributed by atoms with Gasteiger partial charge in [-0.1, -0.05) is 35.4 Å². The van der Waals surface area contributed by atoms with E-state index in [0.29, 0.717) is 21.8 Å². The molecule has 1 aliphatic heterocycles. The van der Waals surface area contributed by atoms with E-state index in [2.05, 4.69) is 0 Å². The summed E-state index contributed by atoms with van der Waals surface area (Å²) in [4.78, 5) is 64.7. The first-order valence-corrected chi connectivity index (χ1v) is 12.9. The fourth-order valence-electron chi connectivity index (χ4n) is 4.27. The molecule has 2 amide bonds. The Labute approximate surface area is 240 Å². The largest absolute Gasteiger partial charge is 0.454 e. The van der Waals surface area contributed by atoms with Crippen LogP contribution in [0.5, 0.6) is 5.75 Å². The molecule has 0 aromatic heterocycles. The summed E-state index contributed by atoms with van der Waals surface area (Å²) >= 11 is 6.07. The van der Waals surface area contributed by atoms with E-state index < -0.39 is 36.1 Å².